The average Bonchev–Trinajstić information content (AvgIpc) is 2.93. The number of hydrogen-bond acceptors (Lipinski definition) is 5. The number of amides is 1. The molecule has 1 amide bonds. The Morgan fingerprint density at radius 3 is 3.21 bits per heavy atom. The van der Waals surface area contributed by atoms with Crippen molar-refractivity contribution in [2.75, 3.05) is 11.9 Å². The minimum Gasteiger partial charge on any atom is -0.348 e. The highest BCUT2D eigenvalue weighted by Gasteiger charge is 2.22. The molecule has 2 aliphatic heterocycles. The van der Waals surface area contributed by atoms with E-state index >= 15 is 0 Å². The van der Waals surface area contributed by atoms with Gasteiger partial charge in [-0.1, -0.05) is 0 Å². The first-order chi connectivity index (χ1) is 9.17. The minimum absolute atomic E-state index is 0.00266. The lowest BCUT2D eigenvalue weighted by atomic mass is 10.1. The highest BCUT2D eigenvalue weighted by Crippen LogP contribution is 2.21. The lowest BCUT2D eigenvalue weighted by Gasteiger charge is -2.19. The van der Waals surface area contributed by atoms with Crippen molar-refractivity contribution in [3.63, 3.8) is 0 Å². The van der Waals surface area contributed by atoms with E-state index in [1.165, 1.54) is 0 Å². The largest absolute Gasteiger partial charge is 0.348 e. The Kier molecular flexibility index (Phi) is 3.16. The van der Waals surface area contributed by atoms with Crippen LogP contribution in [-0.2, 0) is 6.54 Å². The molecule has 7 heteroatoms. The van der Waals surface area contributed by atoms with E-state index in [0.717, 1.165) is 29.3 Å². The summed E-state index contributed by atoms with van der Waals surface area (Å²) >= 11 is 3.40. The minimum atomic E-state index is -0.104. The van der Waals surface area contributed by atoms with Crippen molar-refractivity contribution < 1.29 is 4.79 Å². The second kappa shape index (κ2) is 4.82. The van der Waals surface area contributed by atoms with E-state index in [0.29, 0.717) is 6.54 Å². The first-order valence-electron chi connectivity index (χ1n) is 6.11. The number of rotatable bonds is 2. The van der Waals surface area contributed by atoms with Gasteiger partial charge in [0.25, 0.3) is 5.91 Å². The summed E-state index contributed by atoms with van der Waals surface area (Å²) in [6.07, 6.45) is 0. The van der Waals surface area contributed by atoms with Crippen LogP contribution in [0.2, 0.25) is 0 Å². The summed E-state index contributed by atoms with van der Waals surface area (Å²) in [5.41, 5.74) is 5.84. The van der Waals surface area contributed by atoms with Gasteiger partial charge < -0.3 is 10.6 Å². The van der Waals surface area contributed by atoms with Crippen LogP contribution in [-0.4, -0.2) is 28.5 Å². The Hall–Kier alpha value is -1.60. The summed E-state index contributed by atoms with van der Waals surface area (Å²) in [6, 6.07) is 5.71. The molecule has 19 heavy (non-hydrogen) atoms. The van der Waals surface area contributed by atoms with Gasteiger partial charge in [0.15, 0.2) is 5.08 Å². The van der Waals surface area contributed by atoms with Crippen molar-refractivity contribution in [3.05, 3.63) is 29.3 Å². The molecule has 0 spiro atoms. The monoisotopic (exact) mass is 323 g/mol. The molecule has 0 saturated carbocycles. The van der Waals surface area contributed by atoms with Gasteiger partial charge in [-0.3, -0.25) is 9.80 Å². The summed E-state index contributed by atoms with van der Waals surface area (Å²) in [6.45, 7) is 3.44. The van der Waals surface area contributed by atoms with E-state index in [9.17, 15) is 4.79 Å². The third-order valence-electron chi connectivity index (χ3n) is 3.12. The fraction of sp³-hybridized carbons (Fsp3) is 0.333. The molecule has 100 valence electrons. The van der Waals surface area contributed by atoms with Crippen LogP contribution in [0.15, 0.2) is 23.2 Å². The maximum absolute atomic E-state index is 11.5. The molecule has 0 aliphatic carbocycles. The number of carbonyl (C=O) groups excluding carboxylic acids is 1. The van der Waals surface area contributed by atoms with Gasteiger partial charge in [0.05, 0.1) is 0 Å². The summed E-state index contributed by atoms with van der Waals surface area (Å²) in [5.74, 6) is 0.763. The highest BCUT2D eigenvalue weighted by atomic mass is 79.9. The van der Waals surface area contributed by atoms with Gasteiger partial charge in [-0.05, 0) is 46.6 Å². The average molecular weight is 324 g/mol. The van der Waals surface area contributed by atoms with E-state index in [-0.39, 0.29) is 11.0 Å². The van der Waals surface area contributed by atoms with Gasteiger partial charge in [0.2, 0.25) is 5.96 Å². The molecular weight excluding hydrogens is 310 g/mol. The number of nitrogens with zero attached hydrogens (tertiary/aromatic N) is 2. The summed E-state index contributed by atoms with van der Waals surface area (Å²) in [7, 11) is 0. The Morgan fingerprint density at radius 2 is 2.42 bits per heavy atom. The number of guanidine groups is 1. The molecule has 0 saturated heterocycles. The molecule has 0 aromatic heterocycles. The van der Waals surface area contributed by atoms with Crippen LogP contribution in [0.1, 0.15) is 22.8 Å². The van der Waals surface area contributed by atoms with Crippen LogP contribution >= 0.6 is 15.9 Å². The highest BCUT2D eigenvalue weighted by molar-refractivity contribution is 9.09. The van der Waals surface area contributed by atoms with Crippen LogP contribution in [0.5, 0.6) is 0 Å². The van der Waals surface area contributed by atoms with Crippen molar-refractivity contribution in [2.45, 2.75) is 18.5 Å². The second-order valence-corrected chi connectivity index (χ2v) is 5.21. The van der Waals surface area contributed by atoms with Crippen molar-refractivity contribution in [2.24, 2.45) is 4.99 Å². The van der Waals surface area contributed by atoms with Gasteiger partial charge in [-0.2, -0.15) is 5.43 Å². The fourth-order valence-corrected chi connectivity index (χ4v) is 2.62. The van der Waals surface area contributed by atoms with E-state index in [4.69, 9.17) is 0 Å². The Balaban J connectivity index is 1.81. The molecule has 6 nitrogen and oxygen atoms in total. The second-order valence-electron chi connectivity index (χ2n) is 4.34. The van der Waals surface area contributed by atoms with Crippen LogP contribution in [0.4, 0.5) is 5.69 Å². The van der Waals surface area contributed by atoms with Gasteiger partial charge in [-0.25, -0.2) is 4.99 Å². The topological polar surface area (TPSA) is 68.8 Å². The van der Waals surface area contributed by atoms with Gasteiger partial charge in [0, 0.05) is 24.3 Å². The molecule has 1 unspecified atom stereocenters. The number of carbonyl (C=O) groups is 1. The Morgan fingerprint density at radius 1 is 1.58 bits per heavy atom. The third kappa shape index (κ3) is 2.31. The zero-order valence-electron chi connectivity index (χ0n) is 10.4. The van der Waals surface area contributed by atoms with Gasteiger partial charge in [-0.15, -0.1) is 0 Å². The van der Waals surface area contributed by atoms with Crippen molar-refractivity contribution >= 4 is 33.5 Å². The number of hydrogen-bond donors (Lipinski definition) is 3. The van der Waals surface area contributed by atoms with Crippen molar-refractivity contribution in [1.29, 1.82) is 0 Å². The van der Waals surface area contributed by atoms with E-state index in [1.54, 1.807) is 0 Å². The molecule has 0 fully saturated rings. The first kappa shape index (κ1) is 12.4. The SMILES string of the molecule is CCN1NC(Br)N=C1Nc1ccc2c(c1)CNC2=O. The zero-order valence-corrected chi connectivity index (χ0v) is 12.0. The van der Waals surface area contributed by atoms with E-state index in [1.807, 2.05) is 30.1 Å². The predicted molar refractivity (Wildman–Crippen MR) is 76.9 cm³/mol. The van der Waals surface area contributed by atoms with Crippen molar-refractivity contribution in [3.8, 4) is 0 Å². The zero-order chi connectivity index (χ0) is 13.4. The fourth-order valence-electron chi connectivity index (χ4n) is 2.18. The van der Waals surface area contributed by atoms with Crippen LogP contribution in [0.25, 0.3) is 0 Å². The number of fused-ring (bicyclic) bond motifs is 1. The number of anilines is 1. The maximum Gasteiger partial charge on any atom is 0.251 e. The van der Waals surface area contributed by atoms with Crippen LogP contribution < -0.4 is 16.1 Å². The number of hydrazine groups is 1. The molecule has 2 heterocycles. The lowest BCUT2D eigenvalue weighted by Crippen LogP contribution is -2.41. The summed E-state index contributed by atoms with van der Waals surface area (Å²) in [5, 5.41) is 7.89. The van der Waals surface area contributed by atoms with E-state index in [2.05, 4.69) is 37.0 Å². The van der Waals surface area contributed by atoms with Crippen molar-refractivity contribution in [1.82, 2.24) is 15.8 Å². The third-order valence-corrected chi connectivity index (χ3v) is 3.52. The smallest absolute Gasteiger partial charge is 0.251 e. The standard InChI is InChI=1S/C12H14BrN5O/c1-2-18-12(16-11(13)17-18)15-8-3-4-9-7(5-8)6-14-10(9)19/h3-5,11,17H,2,6H2,1H3,(H,14,19)(H,15,16). The summed E-state index contributed by atoms with van der Waals surface area (Å²) in [4.78, 5) is 15.9. The number of alkyl halides is 1. The van der Waals surface area contributed by atoms with Gasteiger partial charge >= 0.3 is 0 Å². The predicted octanol–water partition coefficient (Wildman–Crippen LogP) is 1.22. The number of benzene rings is 1. The van der Waals surface area contributed by atoms with Gasteiger partial charge in [0.1, 0.15) is 0 Å². The molecule has 0 radical (unpaired) electrons. The molecule has 3 rings (SSSR count). The summed E-state index contributed by atoms with van der Waals surface area (Å²) < 4.78 is 0. The normalized spacial score (nSPS) is 21.2. The van der Waals surface area contributed by atoms with Crippen LogP contribution in [0, 0.1) is 0 Å². The Labute approximate surface area is 119 Å². The lowest BCUT2D eigenvalue weighted by molar-refractivity contribution is 0.0966. The maximum atomic E-state index is 11.5. The number of nitrogens with one attached hydrogen (secondary N) is 3. The van der Waals surface area contributed by atoms with E-state index < -0.39 is 0 Å². The molecule has 2 aliphatic rings. The number of halogens is 1. The molecule has 1 aromatic rings. The molecule has 1 aromatic carbocycles. The van der Waals surface area contributed by atoms with Crippen LogP contribution in [0.3, 0.4) is 0 Å². The molecule has 1 atom stereocenters. The quantitative estimate of drug-likeness (QED) is 0.565. The molecular formula is C12H14BrN5O. The molecule has 3 N–H and O–H groups in total. The number of aliphatic imine (C=N–C) groups is 1. The first-order valence-corrected chi connectivity index (χ1v) is 7.02. The Bertz CT molecular complexity index is 559. The molecule has 0 bridgehead atoms.